The van der Waals surface area contributed by atoms with Gasteiger partial charge in [0.25, 0.3) is 0 Å². The SMILES string of the molecule is CN=C(NCc1cccc2c1OCCCO2)NC(C)Cc1c(C)nn(C)c1C. The van der Waals surface area contributed by atoms with E-state index < -0.39 is 0 Å². The Balaban J connectivity index is 1.61. The number of hydrogen-bond donors (Lipinski definition) is 2. The molecule has 3 rings (SSSR count). The van der Waals surface area contributed by atoms with Gasteiger partial charge in [0.05, 0.1) is 18.9 Å². The molecule has 2 N–H and O–H groups in total. The average Bonchev–Trinajstić information content (AvgIpc) is 2.86. The molecule has 1 aliphatic rings. The highest BCUT2D eigenvalue weighted by atomic mass is 16.5. The fourth-order valence-corrected chi connectivity index (χ4v) is 3.47. The first kappa shape index (κ1) is 20.0. The maximum atomic E-state index is 5.90. The molecule has 7 nitrogen and oxygen atoms in total. The molecule has 0 aliphatic carbocycles. The Morgan fingerprint density at radius 1 is 1.29 bits per heavy atom. The Morgan fingerprint density at radius 2 is 2.07 bits per heavy atom. The topological polar surface area (TPSA) is 72.7 Å². The number of guanidine groups is 1. The highest BCUT2D eigenvalue weighted by Crippen LogP contribution is 2.33. The van der Waals surface area contributed by atoms with Crippen molar-refractivity contribution in [2.45, 2.75) is 46.2 Å². The van der Waals surface area contributed by atoms with Gasteiger partial charge in [0.15, 0.2) is 17.5 Å². The van der Waals surface area contributed by atoms with Gasteiger partial charge in [-0.2, -0.15) is 5.10 Å². The van der Waals surface area contributed by atoms with Crippen molar-refractivity contribution < 1.29 is 9.47 Å². The van der Waals surface area contributed by atoms with Crippen LogP contribution in [-0.2, 0) is 20.0 Å². The third kappa shape index (κ3) is 4.58. The van der Waals surface area contributed by atoms with Gasteiger partial charge in [-0.15, -0.1) is 0 Å². The number of nitrogens with one attached hydrogen (secondary N) is 2. The maximum absolute atomic E-state index is 5.90. The van der Waals surface area contributed by atoms with Crippen LogP contribution in [-0.4, -0.2) is 42.0 Å². The Kier molecular flexibility index (Phi) is 6.44. The molecule has 152 valence electrons. The molecule has 0 fully saturated rings. The zero-order chi connectivity index (χ0) is 20.1. The lowest BCUT2D eigenvalue weighted by Gasteiger charge is -2.19. The molecule has 1 aromatic carbocycles. The van der Waals surface area contributed by atoms with Gasteiger partial charge in [0, 0.05) is 44.4 Å². The first-order chi connectivity index (χ1) is 13.5. The van der Waals surface area contributed by atoms with E-state index in [9.17, 15) is 0 Å². The van der Waals surface area contributed by atoms with E-state index in [2.05, 4.69) is 47.6 Å². The van der Waals surface area contributed by atoms with E-state index in [4.69, 9.17) is 9.47 Å². The number of aromatic nitrogens is 2. The van der Waals surface area contributed by atoms with Gasteiger partial charge in [-0.25, -0.2) is 0 Å². The van der Waals surface area contributed by atoms with Crippen LogP contribution in [0.1, 0.15) is 35.9 Å². The van der Waals surface area contributed by atoms with Gasteiger partial charge >= 0.3 is 0 Å². The number of aliphatic imine (C=N–C) groups is 1. The molecule has 1 atom stereocenters. The quantitative estimate of drug-likeness (QED) is 0.611. The summed E-state index contributed by atoms with van der Waals surface area (Å²) < 4.78 is 13.6. The maximum Gasteiger partial charge on any atom is 0.191 e. The number of hydrogen-bond acceptors (Lipinski definition) is 4. The predicted octanol–water partition coefficient (Wildman–Crippen LogP) is 2.49. The van der Waals surface area contributed by atoms with Crippen molar-refractivity contribution in [3.63, 3.8) is 0 Å². The highest BCUT2D eigenvalue weighted by Gasteiger charge is 2.16. The van der Waals surface area contributed by atoms with Crippen molar-refractivity contribution in [1.29, 1.82) is 0 Å². The smallest absolute Gasteiger partial charge is 0.191 e. The number of ether oxygens (including phenoxy) is 2. The molecule has 0 bridgehead atoms. The van der Waals surface area contributed by atoms with Crippen molar-refractivity contribution in [3.05, 3.63) is 40.7 Å². The number of rotatable bonds is 5. The molecule has 1 aliphatic heterocycles. The van der Waals surface area contributed by atoms with Crippen LogP contribution in [0.5, 0.6) is 11.5 Å². The van der Waals surface area contributed by atoms with E-state index >= 15 is 0 Å². The van der Waals surface area contributed by atoms with Crippen LogP contribution in [0.2, 0.25) is 0 Å². The van der Waals surface area contributed by atoms with Crippen LogP contribution in [0.15, 0.2) is 23.2 Å². The number of para-hydroxylation sites is 1. The number of fused-ring (bicyclic) bond motifs is 1. The molecule has 2 heterocycles. The lowest BCUT2D eigenvalue weighted by Crippen LogP contribution is -2.42. The van der Waals surface area contributed by atoms with Crippen LogP contribution < -0.4 is 20.1 Å². The molecule has 0 amide bonds. The fraction of sp³-hybridized carbons (Fsp3) is 0.524. The Labute approximate surface area is 167 Å². The summed E-state index contributed by atoms with van der Waals surface area (Å²) in [5, 5.41) is 11.4. The van der Waals surface area contributed by atoms with E-state index in [1.165, 1.54) is 11.3 Å². The van der Waals surface area contributed by atoms with Crippen molar-refractivity contribution in [2.24, 2.45) is 12.0 Å². The standard InChI is InChI=1S/C21H31N5O2/c1-14(12-18-15(2)25-26(5)16(18)3)24-21(22-4)23-13-17-8-6-9-19-20(17)28-11-7-10-27-19/h6,8-9,14H,7,10-13H2,1-5H3,(H2,22,23,24). The first-order valence-electron chi connectivity index (χ1n) is 9.83. The second-order valence-corrected chi connectivity index (χ2v) is 7.24. The summed E-state index contributed by atoms with van der Waals surface area (Å²) in [7, 11) is 3.77. The van der Waals surface area contributed by atoms with Gasteiger partial charge < -0.3 is 20.1 Å². The zero-order valence-electron chi connectivity index (χ0n) is 17.5. The average molecular weight is 386 g/mol. The lowest BCUT2D eigenvalue weighted by atomic mass is 10.1. The highest BCUT2D eigenvalue weighted by molar-refractivity contribution is 5.80. The Hall–Kier alpha value is -2.70. The summed E-state index contributed by atoms with van der Waals surface area (Å²) in [4.78, 5) is 4.37. The number of aryl methyl sites for hydroxylation is 2. The van der Waals surface area contributed by atoms with Crippen LogP contribution in [0.4, 0.5) is 0 Å². The number of benzene rings is 1. The van der Waals surface area contributed by atoms with Crippen LogP contribution >= 0.6 is 0 Å². The Bertz CT molecular complexity index is 844. The first-order valence-corrected chi connectivity index (χ1v) is 9.83. The van der Waals surface area contributed by atoms with Crippen molar-refractivity contribution >= 4 is 5.96 Å². The summed E-state index contributed by atoms with van der Waals surface area (Å²) in [5.41, 5.74) is 4.64. The molecule has 7 heteroatoms. The summed E-state index contributed by atoms with van der Waals surface area (Å²) >= 11 is 0. The summed E-state index contributed by atoms with van der Waals surface area (Å²) in [5.74, 6) is 2.41. The van der Waals surface area contributed by atoms with Crippen molar-refractivity contribution in [1.82, 2.24) is 20.4 Å². The summed E-state index contributed by atoms with van der Waals surface area (Å²) in [6, 6.07) is 6.23. The van der Waals surface area contributed by atoms with Gasteiger partial charge in [0.1, 0.15) is 0 Å². The second-order valence-electron chi connectivity index (χ2n) is 7.24. The van der Waals surface area contributed by atoms with Crippen LogP contribution in [0, 0.1) is 13.8 Å². The van der Waals surface area contributed by atoms with Crippen LogP contribution in [0.3, 0.4) is 0 Å². The van der Waals surface area contributed by atoms with E-state index in [0.717, 1.165) is 41.6 Å². The molecule has 0 spiro atoms. The molecule has 1 aromatic heterocycles. The molecule has 0 saturated carbocycles. The van der Waals surface area contributed by atoms with E-state index in [0.29, 0.717) is 19.8 Å². The molecule has 0 saturated heterocycles. The summed E-state index contributed by atoms with van der Waals surface area (Å²) in [6.07, 6.45) is 1.79. The van der Waals surface area contributed by atoms with Gasteiger partial charge in [-0.3, -0.25) is 9.67 Å². The molecular weight excluding hydrogens is 354 g/mol. The van der Waals surface area contributed by atoms with Gasteiger partial charge in [-0.1, -0.05) is 12.1 Å². The van der Waals surface area contributed by atoms with Gasteiger partial charge in [0.2, 0.25) is 0 Å². The Morgan fingerprint density at radius 3 is 2.79 bits per heavy atom. The fourth-order valence-electron chi connectivity index (χ4n) is 3.47. The second kappa shape index (κ2) is 8.99. The van der Waals surface area contributed by atoms with Gasteiger partial charge in [-0.05, 0) is 38.8 Å². The minimum absolute atomic E-state index is 0.222. The van der Waals surface area contributed by atoms with Crippen molar-refractivity contribution in [2.75, 3.05) is 20.3 Å². The third-order valence-electron chi connectivity index (χ3n) is 5.08. The number of nitrogens with zero attached hydrogens (tertiary/aromatic N) is 3. The minimum atomic E-state index is 0.222. The lowest BCUT2D eigenvalue weighted by molar-refractivity contribution is 0.296. The van der Waals surface area contributed by atoms with E-state index in [1.807, 2.05) is 23.9 Å². The van der Waals surface area contributed by atoms with Crippen molar-refractivity contribution in [3.8, 4) is 11.5 Å². The molecule has 2 aromatic rings. The largest absolute Gasteiger partial charge is 0.490 e. The molecule has 0 radical (unpaired) electrons. The molecule has 28 heavy (non-hydrogen) atoms. The van der Waals surface area contributed by atoms with Crippen LogP contribution in [0.25, 0.3) is 0 Å². The summed E-state index contributed by atoms with van der Waals surface area (Å²) in [6.45, 7) is 8.31. The monoisotopic (exact) mass is 385 g/mol. The molecule has 1 unspecified atom stereocenters. The zero-order valence-corrected chi connectivity index (χ0v) is 17.5. The normalized spacial score (nSPS) is 15.1. The molecular formula is C21H31N5O2. The third-order valence-corrected chi connectivity index (χ3v) is 5.08. The predicted molar refractivity (Wildman–Crippen MR) is 111 cm³/mol. The van der Waals surface area contributed by atoms with E-state index in [1.54, 1.807) is 7.05 Å². The van der Waals surface area contributed by atoms with E-state index in [-0.39, 0.29) is 6.04 Å². The minimum Gasteiger partial charge on any atom is -0.490 e.